The van der Waals surface area contributed by atoms with E-state index < -0.39 is 0 Å². The standard InChI is InChI=1S/C16H17BrN2O3/c1-3-10(2)18-15(20)11-5-4-6-12(9-11)19-16(21)13-7-8-14(17)22-13/h4-10H,3H2,1-2H3,(H,18,20)(H,19,21)/t10-/m0/s1. The number of amides is 2. The zero-order chi connectivity index (χ0) is 16.1. The molecule has 0 saturated heterocycles. The first-order valence-electron chi connectivity index (χ1n) is 6.97. The Kier molecular flexibility index (Phi) is 5.38. The average Bonchev–Trinajstić information content (AvgIpc) is 2.94. The Hall–Kier alpha value is -2.08. The van der Waals surface area contributed by atoms with Gasteiger partial charge in [-0.1, -0.05) is 13.0 Å². The molecule has 0 aliphatic rings. The number of rotatable bonds is 5. The summed E-state index contributed by atoms with van der Waals surface area (Å²) in [7, 11) is 0. The minimum absolute atomic E-state index is 0.103. The Morgan fingerprint density at radius 2 is 2.00 bits per heavy atom. The minimum Gasteiger partial charge on any atom is -0.444 e. The van der Waals surface area contributed by atoms with Crippen LogP contribution >= 0.6 is 15.9 Å². The molecule has 0 bridgehead atoms. The number of hydrogen-bond acceptors (Lipinski definition) is 3. The molecule has 0 spiro atoms. The van der Waals surface area contributed by atoms with E-state index in [2.05, 4.69) is 26.6 Å². The first-order chi connectivity index (χ1) is 10.5. The van der Waals surface area contributed by atoms with Gasteiger partial charge in [-0.15, -0.1) is 0 Å². The maximum Gasteiger partial charge on any atom is 0.291 e. The summed E-state index contributed by atoms with van der Waals surface area (Å²) in [5.74, 6) is -0.335. The molecule has 0 aliphatic carbocycles. The Morgan fingerprint density at radius 1 is 1.23 bits per heavy atom. The van der Waals surface area contributed by atoms with Gasteiger partial charge in [0, 0.05) is 17.3 Å². The lowest BCUT2D eigenvalue weighted by Gasteiger charge is -2.12. The van der Waals surface area contributed by atoms with Crippen molar-refractivity contribution >= 4 is 33.4 Å². The van der Waals surface area contributed by atoms with Crippen LogP contribution in [-0.4, -0.2) is 17.9 Å². The van der Waals surface area contributed by atoms with Gasteiger partial charge >= 0.3 is 0 Å². The van der Waals surface area contributed by atoms with Gasteiger partial charge in [-0.2, -0.15) is 0 Å². The van der Waals surface area contributed by atoms with Crippen LogP contribution in [0.3, 0.4) is 0 Å². The summed E-state index contributed by atoms with van der Waals surface area (Å²) in [5.41, 5.74) is 1.04. The monoisotopic (exact) mass is 364 g/mol. The largest absolute Gasteiger partial charge is 0.444 e. The van der Waals surface area contributed by atoms with Crippen LogP contribution < -0.4 is 10.6 Å². The SMILES string of the molecule is CC[C@H](C)NC(=O)c1cccc(NC(=O)c2ccc(Br)o2)c1. The molecule has 116 valence electrons. The van der Waals surface area contributed by atoms with E-state index in [4.69, 9.17) is 4.42 Å². The molecule has 2 aromatic rings. The molecule has 5 nitrogen and oxygen atoms in total. The zero-order valence-corrected chi connectivity index (χ0v) is 13.9. The number of anilines is 1. The smallest absolute Gasteiger partial charge is 0.291 e. The van der Waals surface area contributed by atoms with Crippen molar-refractivity contribution in [2.24, 2.45) is 0 Å². The van der Waals surface area contributed by atoms with Gasteiger partial charge < -0.3 is 15.1 Å². The molecule has 1 aromatic heterocycles. The lowest BCUT2D eigenvalue weighted by molar-refractivity contribution is 0.0937. The van der Waals surface area contributed by atoms with E-state index in [1.54, 1.807) is 36.4 Å². The normalized spacial score (nSPS) is 11.8. The molecule has 2 amide bonds. The minimum atomic E-state index is -0.370. The highest BCUT2D eigenvalue weighted by Gasteiger charge is 2.13. The fourth-order valence-electron chi connectivity index (χ4n) is 1.78. The van der Waals surface area contributed by atoms with Crippen molar-refractivity contribution in [1.29, 1.82) is 0 Å². The van der Waals surface area contributed by atoms with Crippen molar-refractivity contribution in [2.45, 2.75) is 26.3 Å². The van der Waals surface area contributed by atoms with Gasteiger partial charge in [0.25, 0.3) is 11.8 Å². The molecule has 0 saturated carbocycles. The second kappa shape index (κ2) is 7.26. The van der Waals surface area contributed by atoms with Crippen LogP contribution in [0.1, 0.15) is 41.2 Å². The summed E-state index contributed by atoms with van der Waals surface area (Å²) in [6.45, 7) is 3.95. The van der Waals surface area contributed by atoms with Gasteiger partial charge in [-0.25, -0.2) is 0 Å². The average molecular weight is 365 g/mol. The second-order valence-corrected chi connectivity index (χ2v) is 5.70. The summed E-state index contributed by atoms with van der Waals surface area (Å²) in [6, 6.07) is 10.1. The van der Waals surface area contributed by atoms with Gasteiger partial charge in [0.05, 0.1) is 0 Å². The predicted molar refractivity (Wildman–Crippen MR) is 88.0 cm³/mol. The summed E-state index contributed by atoms with van der Waals surface area (Å²) >= 11 is 3.15. The van der Waals surface area contributed by atoms with Gasteiger partial charge in [0.2, 0.25) is 0 Å². The third kappa shape index (κ3) is 4.21. The van der Waals surface area contributed by atoms with Gasteiger partial charge in [0.1, 0.15) is 0 Å². The van der Waals surface area contributed by atoms with Crippen molar-refractivity contribution in [1.82, 2.24) is 5.32 Å². The predicted octanol–water partition coefficient (Wildman–Crippen LogP) is 3.82. The number of nitrogens with one attached hydrogen (secondary N) is 2. The maximum atomic E-state index is 12.1. The van der Waals surface area contributed by atoms with Crippen LogP contribution in [0.5, 0.6) is 0 Å². The summed E-state index contributed by atoms with van der Waals surface area (Å²) in [5, 5.41) is 5.59. The van der Waals surface area contributed by atoms with E-state index in [1.165, 1.54) is 0 Å². The highest BCUT2D eigenvalue weighted by Crippen LogP contribution is 2.17. The van der Waals surface area contributed by atoms with Crippen LogP contribution in [0, 0.1) is 0 Å². The first kappa shape index (κ1) is 16.3. The zero-order valence-electron chi connectivity index (χ0n) is 12.4. The van der Waals surface area contributed by atoms with Crippen LogP contribution in [0.4, 0.5) is 5.69 Å². The first-order valence-corrected chi connectivity index (χ1v) is 7.76. The van der Waals surface area contributed by atoms with Crippen LogP contribution in [0.15, 0.2) is 45.5 Å². The Morgan fingerprint density at radius 3 is 2.64 bits per heavy atom. The molecule has 2 rings (SSSR count). The van der Waals surface area contributed by atoms with Crippen LogP contribution in [-0.2, 0) is 0 Å². The highest BCUT2D eigenvalue weighted by atomic mass is 79.9. The molecule has 2 N–H and O–H groups in total. The lowest BCUT2D eigenvalue weighted by Crippen LogP contribution is -2.31. The van der Waals surface area contributed by atoms with E-state index in [0.717, 1.165) is 6.42 Å². The summed E-state index contributed by atoms with van der Waals surface area (Å²) < 4.78 is 5.67. The Bertz CT molecular complexity index is 682. The fourth-order valence-corrected chi connectivity index (χ4v) is 2.08. The van der Waals surface area contributed by atoms with Crippen molar-refractivity contribution < 1.29 is 14.0 Å². The van der Waals surface area contributed by atoms with Crippen molar-refractivity contribution in [3.05, 3.63) is 52.4 Å². The third-order valence-corrected chi connectivity index (χ3v) is 3.60. The number of hydrogen-bond donors (Lipinski definition) is 2. The maximum absolute atomic E-state index is 12.1. The van der Waals surface area contributed by atoms with Crippen molar-refractivity contribution in [3.63, 3.8) is 0 Å². The number of carbonyl (C=O) groups is 2. The van der Waals surface area contributed by atoms with Crippen molar-refractivity contribution in [2.75, 3.05) is 5.32 Å². The molecule has 0 fully saturated rings. The number of halogens is 1. The van der Waals surface area contributed by atoms with Crippen molar-refractivity contribution in [3.8, 4) is 0 Å². The second-order valence-electron chi connectivity index (χ2n) is 4.92. The highest BCUT2D eigenvalue weighted by molar-refractivity contribution is 9.10. The molecule has 0 aliphatic heterocycles. The number of benzene rings is 1. The fraction of sp³-hybridized carbons (Fsp3) is 0.250. The molecule has 1 atom stereocenters. The summed E-state index contributed by atoms with van der Waals surface area (Å²) in [6.07, 6.45) is 0.857. The quantitative estimate of drug-likeness (QED) is 0.846. The topological polar surface area (TPSA) is 71.3 Å². The third-order valence-electron chi connectivity index (χ3n) is 3.17. The van der Waals surface area contributed by atoms with Crippen LogP contribution in [0.25, 0.3) is 0 Å². The van der Waals surface area contributed by atoms with E-state index in [1.807, 2.05) is 13.8 Å². The molecule has 0 unspecified atom stereocenters. The van der Waals surface area contributed by atoms with Gasteiger partial charge in [0.15, 0.2) is 10.4 Å². The molecule has 1 heterocycles. The van der Waals surface area contributed by atoms with E-state index >= 15 is 0 Å². The Balaban J connectivity index is 2.08. The van der Waals surface area contributed by atoms with E-state index in [0.29, 0.717) is 15.9 Å². The van der Waals surface area contributed by atoms with E-state index in [9.17, 15) is 9.59 Å². The van der Waals surface area contributed by atoms with Gasteiger partial charge in [-0.3, -0.25) is 9.59 Å². The Labute approximate surface area is 137 Å². The molecule has 22 heavy (non-hydrogen) atoms. The molecule has 6 heteroatoms. The summed E-state index contributed by atoms with van der Waals surface area (Å²) in [4.78, 5) is 24.1. The number of carbonyl (C=O) groups excluding carboxylic acids is 2. The molecule has 1 aromatic carbocycles. The molecular formula is C16H17BrN2O3. The van der Waals surface area contributed by atoms with Gasteiger partial charge in [-0.05, 0) is 59.6 Å². The molecular weight excluding hydrogens is 348 g/mol. The number of furan rings is 1. The van der Waals surface area contributed by atoms with Crippen LogP contribution in [0.2, 0.25) is 0 Å². The molecule has 0 radical (unpaired) electrons. The van der Waals surface area contributed by atoms with E-state index in [-0.39, 0.29) is 23.6 Å². The lowest BCUT2D eigenvalue weighted by atomic mass is 10.1.